The zero-order valence-corrected chi connectivity index (χ0v) is 9.54. The number of piperazine rings is 1. The minimum atomic E-state index is 0.679. The molecule has 82 valence electrons. The van der Waals surface area contributed by atoms with Gasteiger partial charge in [0.25, 0.3) is 0 Å². The molecular formula is C10H16N4S. The van der Waals surface area contributed by atoms with E-state index in [0.29, 0.717) is 5.13 Å². The van der Waals surface area contributed by atoms with Gasteiger partial charge in [-0.25, -0.2) is 4.98 Å². The first-order chi connectivity index (χ1) is 7.33. The first-order valence-electron chi connectivity index (χ1n) is 5.53. The summed E-state index contributed by atoms with van der Waals surface area (Å²) in [5.74, 6) is 0. The third-order valence-electron chi connectivity index (χ3n) is 3.41. The molecule has 4 nitrogen and oxygen atoms in total. The Morgan fingerprint density at radius 3 is 3.13 bits per heavy atom. The van der Waals surface area contributed by atoms with E-state index in [9.17, 15) is 0 Å². The first kappa shape index (κ1) is 9.42. The number of rotatable bonds is 1. The van der Waals surface area contributed by atoms with Gasteiger partial charge in [-0.15, -0.1) is 0 Å². The fourth-order valence-corrected chi connectivity index (χ4v) is 3.34. The lowest BCUT2D eigenvalue weighted by atomic mass is 10.2. The number of hydrogen-bond acceptors (Lipinski definition) is 5. The molecule has 0 bridgehead atoms. The molecule has 2 aliphatic heterocycles. The van der Waals surface area contributed by atoms with Gasteiger partial charge in [0.15, 0.2) is 5.13 Å². The molecule has 2 fully saturated rings. The van der Waals surface area contributed by atoms with Crippen molar-refractivity contribution in [1.82, 2.24) is 9.88 Å². The average Bonchev–Trinajstić information content (AvgIpc) is 2.84. The van der Waals surface area contributed by atoms with Gasteiger partial charge >= 0.3 is 0 Å². The number of aromatic nitrogens is 1. The molecule has 3 heterocycles. The van der Waals surface area contributed by atoms with Crippen LogP contribution in [0.2, 0.25) is 0 Å². The van der Waals surface area contributed by atoms with Crippen LogP contribution in [-0.2, 0) is 0 Å². The molecule has 0 aromatic carbocycles. The van der Waals surface area contributed by atoms with Crippen molar-refractivity contribution in [2.45, 2.75) is 18.9 Å². The molecule has 2 N–H and O–H groups in total. The number of nitrogen functional groups attached to an aromatic ring is 1. The summed E-state index contributed by atoms with van der Waals surface area (Å²) in [5, 5.41) is 1.91. The lowest BCUT2D eigenvalue weighted by molar-refractivity contribution is 0.231. The van der Waals surface area contributed by atoms with E-state index in [4.69, 9.17) is 5.73 Å². The predicted molar refractivity (Wildman–Crippen MR) is 63.3 cm³/mol. The third kappa shape index (κ3) is 1.70. The molecule has 0 aliphatic carbocycles. The molecule has 5 heteroatoms. The third-order valence-corrected chi connectivity index (χ3v) is 4.30. The molecule has 2 aliphatic rings. The number of fused-ring (bicyclic) bond motifs is 1. The zero-order valence-electron chi connectivity index (χ0n) is 8.72. The summed E-state index contributed by atoms with van der Waals surface area (Å²) < 4.78 is 0. The maximum absolute atomic E-state index is 5.66. The Morgan fingerprint density at radius 2 is 2.33 bits per heavy atom. The van der Waals surface area contributed by atoms with E-state index < -0.39 is 0 Å². The Hall–Kier alpha value is -0.810. The molecule has 3 rings (SSSR count). The number of nitrogens with two attached hydrogens (primary N) is 1. The topological polar surface area (TPSA) is 45.4 Å². The fourth-order valence-electron chi connectivity index (χ4n) is 2.62. The highest BCUT2D eigenvalue weighted by Gasteiger charge is 2.30. The lowest BCUT2D eigenvalue weighted by Gasteiger charge is -2.37. The number of hydrogen-bond donors (Lipinski definition) is 1. The second kappa shape index (κ2) is 3.64. The van der Waals surface area contributed by atoms with E-state index in [-0.39, 0.29) is 0 Å². The normalized spacial score (nSPS) is 26.9. The van der Waals surface area contributed by atoms with Crippen molar-refractivity contribution >= 4 is 21.5 Å². The minimum absolute atomic E-state index is 0.679. The highest BCUT2D eigenvalue weighted by atomic mass is 32.1. The van der Waals surface area contributed by atoms with Gasteiger partial charge in [-0.3, -0.25) is 4.90 Å². The molecule has 1 atom stereocenters. The summed E-state index contributed by atoms with van der Waals surface area (Å²) in [7, 11) is 0. The van der Waals surface area contributed by atoms with Gasteiger partial charge in [-0.2, -0.15) is 0 Å². The first-order valence-corrected chi connectivity index (χ1v) is 6.35. The van der Waals surface area contributed by atoms with Crippen molar-refractivity contribution in [3.63, 3.8) is 0 Å². The smallest absolute Gasteiger partial charge is 0.181 e. The van der Waals surface area contributed by atoms with Crippen molar-refractivity contribution in [3.8, 4) is 0 Å². The summed E-state index contributed by atoms with van der Waals surface area (Å²) in [6.07, 6.45) is 4.62. The molecule has 1 aromatic heterocycles. The van der Waals surface area contributed by atoms with Crippen LogP contribution in [0.4, 0.5) is 10.1 Å². The summed E-state index contributed by atoms with van der Waals surface area (Å²) >= 11 is 1.60. The van der Waals surface area contributed by atoms with Gasteiger partial charge in [0, 0.05) is 25.7 Å². The van der Waals surface area contributed by atoms with Crippen LogP contribution in [-0.4, -0.2) is 42.1 Å². The van der Waals surface area contributed by atoms with Crippen LogP contribution >= 0.6 is 11.3 Å². The van der Waals surface area contributed by atoms with E-state index in [1.807, 2.05) is 6.20 Å². The van der Waals surface area contributed by atoms with Crippen molar-refractivity contribution in [1.29, 1.82) is 0 Å². The summed E-state index contributed by atoms with van der Waals surface area (Å²) in [4.78, 5) is 9.16. The largest absolute Gasteiger partial charge is 0.375 e. The van der Waals surface area contributed by atoms with Crippen LogP contribution in [0, 0.1) is 0 Å². The molecule has 0 radical (unpaired) electrons. The zero-order chi connectivity index (χ0) is 10.3. The van der Waals surface area contributed by atoms with E-state index in [0.717, 1.165) is 19.1 Å². The molecule has 1 aromatic rings. The highest BCUT2D eigenvalue weighted by molar-refractivity contribution is 7.19. The lowest BCUT2D eigenvalue weighted by Crippen LogP contribution is -2.49. The molecule has 0 saturated carbocycles. The van der Waals surface area contributed by atoms with Gasteiger partial charge in [-0.1, -0.05) is 11.3 Å². The second-order valence-corrected chi connectivity index (χ2v) is 5.36. The average molecular weight is 224 g/mol. The fraction of sp³-hybridized carbons (Fsp3) is 0.700. The molecular weight excluding hydrogens is 208 g/mol. The van der Waals surface area contributed by atoms with Crippen LogP contribution < -0.4 is 10.6 Å². The maximum Gasteiger partial charge on any atom is 0.181 e. The summed E-state index contributed by atoms with van der Waals surface area (Å²) in [5.41, 5.74) is 5.66. The van der Waals surface area contributed by atoms with Crippen molar-refractivity contribution < 1.29 is 0 Å². The maximum atomic E-state index is 5.66. The molecule has 0 unspecified atom stereocenters. The monoisotopic (exact) mass is 224 g/mol. The van der Waals surface area contributed by atoms with E-state index in [1.165, 1.54) is 30.9 Å². The van der Waals surface area contributed by atoms with Gasteiger partial charge in [0.2, 0.25) is 0 Å². The number of anilines is 2. The van der Waals surface area contributed by atoms with Crippen LogP contribution in [0.5, 0.6) is 0 Å². The standard InChI is InChI=1S/C10H16N4S/c11-10-12-6-9(15-10)14-5-4-13-3-1-2-8(13)7-14/h6,8H,1-5,7H2,(H2,11,12)/t8-/m1/s1. The molecule has 0 amide bonds. The number of thiazole rings is 1. The Bertz CT molecular complexity index is 351. The van der Waals surface area contributed by atoms with Gasteiger partial charge in [-0.05, 0) is 19.4 Å². The Labute approximate surface area is 93.7 Å². The predicted octanol–water partition coefficient (Wildman–Crippen LogP) is 1.01. The van der Waals surface area contributed by atoms with Gasteiger partial charge in [0.05, 0.1) is 6.20 Å². The van der Waals surface area contributed by atoms with Gasteiger partial charge in [0.1, 0.15) is 5.00 Å². The van der Waals surface area contributed by atoms with Crippen molar-refractivity contribution in [2.24, 2.45) is 0 Å². The van der Waals surface area contributed by atoms with Crippen LogP contribution in [0.25, 0.3) is 0 Å². The SMILES string of the molecule is Nc1ncc(N2CCN3CCC[C@@H]3C2)s1. The molecule has 15 heavy (non-hydrogen) atoms. The van der Waals surface area contributed by atoms with Gasteiger partial charge < -0.3 is 10.6 Å². The number of nitrogens with zero attached hydrogens (tertiary/aromatic N) is 3. The van der Waals surface area contributed by atoms with Crippen LogP contribution in [0.1, 0.15) is 12.8 Å². The molecule has 2 saturated heterocycles. The van der Waals surface area contributed by atoms with Crippen molar-refractivity contribution in [3.05, 3.63) is 6.20 Å². The summed E-state index contributed by atoms with van der Waals surface area (Å²) in [6.45, 7) is 4.77. The Balaban J connectivity index is 1.73. The van der Waals surface area contributed by atoms with Crippen LogP contribution in [0.3, 0.4) is 0 Å². The minimum Gasteiger partial charge on any atom is -0.375 e. The molecule has 0 spiro atoms. The second-order valence-electron chi connectivity index (χ2n) is 4.31. The Morgan fingerprint density at radius 1 is 1.40 bits per heavy atom. The highest BCUT2D eigenvalue weighted by Crippen LogP contribution is 2.29. The van der Waals surface area contributed by atoms with E-state index >= 15 is 0 Å². The van der Waals surface area contributed by atoms with E-state index in [2.05, 4.69) is 14.8 Å². The van der Waals surface area contributed by atoms with Crippen molar-refractivity contribution in [2.75, 3.05) is 36.8 Å². The van der Waals surface area contributed by atoms with E-state index in [1.54, 1.807) is 11.3 Å². The quantitative estimate of drug-likeness (QED) is 0.773. The van der Waals surface area contributed by atoms with Crippen LogP contribution in [0.15, 0.2) is 6.20 Å². The Kier molecular flexibility index (Phi) is 2.29. The summed E-state index contributed by atoms with van der Waals surface area (Å²) in [6, 6.07) is 0.766.